The summed E-state index contributed by atoms with van der Waals surface area (Å²) in [5.74, 6) is -0.274. The van der Waals surface area contributed by atoms with Crippen molar-refractivity contribution >= 4 is 27.5 Å². The average molecular weight is 404 g/mol. The van der Waals surface area contributed by atoms with Crippen molar-refractivity contribution in [3.63, 3.8) is 0 Å². The second-order valence-electron chi connectivity index (χ2n) is 5.12. The number of allylic oxidation sites excluding steroid dienone is 5. The first kappa shape index (κ1) is 18.0. The van der Waals surface area contributed by atoms with Gasteiger partial charge in [-0.3, -0.25) is 14.6 Å². The number of pyridine rings is 1. The van der Waals surface area contributed by atoms with E-state index in [9.17, 15) is 9.32 Å². The van der Waals surface area contributed by atoms with E-state index in [2.05, 4.69) is 25.8 Å². The Hall–Kier alpha value is -1.37. The minimum atomic E-state index is -0.451. The van der Waals surface area contributed by atoms with Crippen LogP contribution >= 0.6 is 27.5 Å². The van der Waals surface area contributed by atoms with E-state index in [4.69, 9.17) is 11.6 Å². The van der Waals surface area contributed by atoms with E-state index in [-0.39, 0.29) is 5.75 Å². The van der Waals surface area contributed by atoms with Gasteiger partial charge in [0.05, 0.1) is 6.20 Å². The lowest BCUT2D eigenvalue weighted by Crippen LogP contribution is -2.35. The van der Waals surface area contributed by atoms with Gasteiger partial charge < -0.3 is 4.57 Å². The lowest BCUT2D eigenvalue weighted by atomic mass is 10.2. The molecule has 0 atom stereocenters. The predicted octanol–water partition coefficient (Wildman–Crippen LogP) is 3.90. The summed E-state index contributed by atoms with van der Waals surface area (Å²) in [6.45, 7) is 4.64. The maximum absolute atomic E-state index is 12.2. The Labute approximate surface area is 147 Å². The molecule has 7 heteroatoms. The molecule has 0 aromatic carbocycles. The van der Waals surface area contributed by atoms with Gasteiger partial charge in [0.1, 0.15) is 0 Å². The lowest BCUT2D eigenvalue weighted by Gasteiger charge is -2.29. The standard InChI is InChI=1S/C16H17BrClFN2O2/c1-2-3-12(17)8-13(18)4-5-20-6-7-21-11-16(23-19)15(22)9-14(21)10-20/h2-4,8-9,11H,5-7,10H2,1H3/b3-2-,12-8+,13-4-. The number of nitrogens with zero attached hydrogens (tertiary/aromatic N) is 2. The van der Waals surface area contributed by atoms with Crippen LogP contribution in [0.5, 0.6) is 5.75 Å². The molecule has 0 unspecified atom stereocenters. The van der Waals surface area contributed by atoms with Crippen LogP contribution in [0, 0.1) is 0 Å². The SMILES string of the molecule is C\C=C/C(Br)=C\C(Cl)=C\CN1CCn2cc(OF)c(=O)cc2C1. The lowest BCUT2D eigenvalue weighted by molar-refractivity contribution is -0.00864. The predicted molar refractivity (Wildman–Crippen MR) is 93.5 cm³/mol. The minimum Gasteiger partial charge on any atom is -0.345 e. The van der Waals surface area contributed by atoms with Gasteiger partial charge in [-0.1, -0.05) is 45.8 Å². The summed E-state index contributed by atoms with van der Waals surface area (Å²) in [5.41, 5.74) is 0.379. The third kappa shape index (κ3) is 5.06. The van der Waals surface area contributed by atoms with Crippen LogP contribution in [0.3, 0.4) is 0 Å². The van der Waals surface area contributed by atoms with Crippen molar-refractivity contribution in [2.45, 2.75) is 20.0 Å². The average Bonchev–Trinajstić information content (AvgIpc) is 2.52. The molecule has 2 heterocycles. The van der Waals surface area contributed by atoms with Gasteiger partial charge in [-0.15, -0.1) is 0 Å². The first-order chi connectivity index (χ1) is 11.0. The van der Waals surface area contributed by atoms with E-state index < -0.39 is 5.43 Å². The maximum Gasteiger partial charge on any atom is 0.235 e. The normalized spacial score (nSPS) is 16.7. The zero-order valence-electron chi connectivity index (χ0n) is 12.6. The fraction of sp³-hybridized carbons (Fsp3) is 0.312. The van der Waals surface area contributed by atoms with Gasteiger partial charge in [-0.05, 0) is 13.0 Å². The van der Waals surface area contributed by atoms with Crippen molar-refractivity contribution in [2.75, 3.05) is 13.1 Å². The highest BCUT2D eigenvalue weighted by molar-refractivity contribution is 9.11. The van der Waals surface area contributed by atoms with Crippen LogP contribution in [0.1, 0.15) is 12.6 Å². The molecule has 0 saturated heterocycles. The molecule has 0 saturated carbocycles. The highest BCUT2D eigenvalue weighted by Crippen LogP contribution is 2.17. The Morgan fingerprint density at radius 1 is 1.52 bits per heavy atom. The van der Waals surface area contributed by atoms with Gasteiger partial charge >= 0.3 is 0 Å². The summed E-state index contributed by atoms with van der Waals surface area (Å²) in [6, 6.07) is 1.41. The number of fused-ring (bicyclic) bond motifs is 1. The quantitative estimate of drug-likeness (QED) is 0.699. The monoisotopic (exact) mass is 402 g/mol. The zero-order chi connectivity index (χ0) is 16.8. The van der Waals surface area contributed by atoms with Gasteiger partial charge in [0.25, 0.3) is 0 Å². The van der Waals surface area contributed by atoms with E-state index in [1.54, 1.807) is 0 Å². The fourth-order valence-corrected chi connectivity index (χ4v) is 3.15. The van der Waals surface area contributed by atoms with Crippen LogP contribution in [0.25, 0.3) is 0 Å². The molecule has 0 aliphatic carbocycles. The van der Waals surface area contributed by atoms with Crippen LogP contribution in [-0.2, 0) is 13.1 Å². The topological polar surface area (TPSA) is 34.5 Å². The first-order valence-corrected chi connectivity index (χ1v) is 8.30. The molecule has 124 valence electrons. The summed E-state index contributed by atoms with van der Waals surface area (Å²) >= 11 is 9.58. The van der Waals surface area contributed by atoms with Gasteiger partial charge in [-0.2, -0.15) is 0 Å². The number of rotatable bonds is 5. The van der Waals surface area contributed by atoms with Crippen LogP contribution in [0.2, 0.25) is 0 Å². The van der Waals surface area contributed by atoms with Crippen molar-refractivity contribution in [3.8, 4) is 5.75 Å². The van der Waals surface area contributed by atoms with Crippen LogP contribution in [0.15, 0.2) is 50.9 Å². The second kappa shape index (κ2) is 8.47. The van der Waals surface area contributed by atoms with Crippen molar-refractivity contribution < 1.29 is 9.47 Å². The molecule has 0 spiro atoms. The Bertz CT molecular complexity index is 713. The highest BCUT2D eigenvalue weighted by atomic mass is 79.9. The van der Waals surface area contributed by atoms with Gasteiger partial charge in [-0.25, -0.2) is 0 Å². The molecule has 1 aromatic heterocycles. The Morgan fingerprint density at radius 2 is 2.30 bits per heavy atom. The van der Waals surface area contributed by atoms with E-state index in [1.807, 2.05) is 35.8 Å². The summed E-state index contributed by atoms with van der Waals surface area (Å²) in [4.78, 5) is 17.4. The van der Waals surface area contributed by atoms with Crippen molar-refractivity contribution in [1.29, 1.82) is 0 Å². The van der Waals surface area contributed by atoms with E-state index in [1.165, 1.54) is 12.3 Å². The second-order valence-corrected chi connectivity index (χ2v) is 6.47. The third-order valence-corrected chi connectivity index (χ3v) is 4.21. The highest BCUT2D eigenvalue weighted by Gasteiger charge is 2.17. The molecular formula is C16H17BrClFN2O2. The maximum atomic E-state index is 12.2. The van der Waals surface area contributed by atoms with Crippen LogP contribution < -0.4 is 10.4 Å². The molecule has 0 radical (unpaired) electrons. The molecule has 23 heavy (non-hydrogen) atoms. The molecule has 2 rings (SSSR count). The van der Waals surface area contributed by atoms with Crippen LogP contribution in [0.4, 0.5) is 4.53 Å². The van der Waals surface area contributed by atoms with Gasteiger partial charge in [0.2, 0.25) is 11.2 Å². The van der Waals surface area contributed by atoms with Gasteiger partial charge in [0.15, 0.2) is 0 Å². The fourth-order valence-electron chi connectivity index (χ4n) is 2.32. The molecule has 4 nitrogen and oxygen atoms in total. The Kier molecular flexibility index (Phi) is 6.62. The largest absolute Gasteiger partial charge is 0.345 e. The molecule has 1 aromatic rings. The summed E-state index contributed by atoms with van der Waals surface area (Å²) in [7, 11) is 0. The zero-order valence-corrected chi connectivity index (χ0v) is 15.0. The smallest absolute Gasteiger partial charge is 0.235 e. The number of halogens is 3. The minimum absolute atomic E-state index is 0.274. The molecule has 0 amide bonds. The molecule has 0 fully saturated rings. The Morgan fingerprint density at radius 3 is 3.00 bits per heavy atom. The van der Waals surface area contributed by atoms with Crippen molar-refractivity contribution in [1.82, 2.24) is 9.47 Å². The number of hydrogen-bond donors (Lipinski definition) is 0. The van der Waals surface area contributed by atoms with E-state index >= 15 is 0 Å². The first-order valence-electron chi connectivity index (χ1n) is 7.13. The van der Waals surface area contributed by atoms with Crippen LogP contribution in [-0.4, -0.2) is 22.6 Å². The van der Waals surface area contributed by atoms with Crippen molar-refractivity contribution in [3.05, 3.63) is 62.0 Å². The number of hydrogen-bond acceptors (Lipinski definition) is 3. The molecule has 1 aliphatic heterocycles. The molecule has 1 aliphatic rings. The van der Waals surface area contributed by atoms with E-state index in [0.29, 0.717) is 24.7 Å². The van der Waals surface area contributed by atoms with Crippen molar-refractivity contribution in [2.24, 2.45) is 0 Å². The molecule has 0 bridgehead atoms. The Balaban J connectivity index is 2.04. The summed E-state index contributed by atoms with van der Waals surface area (Å²) in [5, 5.41) is 0.638. The summed E-state index contributed by atoms with van der Waals surface area (Å²) in [6.07, 6.45) is 8.98. The molecular weight excluding hydrogens is 387 g/mol. The van der Waals surface area contributed by atoms with E-state index in [0.717, 1.165) is 16.7 Å². The van der Waals surface area contributed by atoms with Gasteiger partial charge in [0, 0.05) is 52.0 Å². The number of aromatic nitrogens is 1. The summed E-state index contributed by atoms with van der Waals surface area (Å²) < 4.78 is 15.0. The third-order valence-electron chi connectivity index (χ3n) is 3.45. The molecule has 0 N–H and O–H groups in total.